The first kappa shape index (κ1) is 29.1. The number of unbranched alkanes of at least 4 members (excludes halogenated alkanes) is 12. The van der Waals surface area contributed by atoms with Gasteiger partial charge in [0.05, 0.1) is 0 Å². The van der Waals surface area contributed by atoms with Crippen LogP contribution in [-0.4, -0.2) is 6.29 Å². The molecular formula is C27H50O. The molecule has 0 spiro atoms. The molecule has 0 aromatic rings. The largest absolute Gasteiger partial charge is 0.303 e. The molecule has 0 aromatic carbocycles. The fraction of sp³-hybridized carbons (Fsp3) is 0.741. The molecule has 28 heavy (non-hydrogen) atoms. The van der Waals surface area contributed by atoms with Crippen LogP contribution in [0.25, 0.3) is 0 Å². The van der Waals surface area contributed by atoms with E-state index in [1.165, 1.54) is 83.5 Å². The zero-order valence-corrected chi connectivity index (χ0v) is 19.5. The van der Waals surface area contributed by atoms with E-state index in [-0.39, 0.29) is 0 Å². The zero-order valence-electron chi connectivity index (χ0n) is 19.5. The van der Waals surface area contributed by atoms with Gasteiger partial charge in [-0.1, -0.05) is 102 Å². The second kappa shape index (κ2) is 30.6. The van der Waals surface area contributed by atoms with Crippen LogP contribution < -0.4 is 0 Å². The van der Waals surface area contributed by atoms with E-state index in [4.69, 9.17) is 0 Å². The Kier molecular flexibility index (Phi) is 31.8. The summed E-state index contributed by atoms with van der Waals surface area (Å²) in [7, 11) is 0. The standard InChI is InChI=1S/C20H34O.C7H16/c1-2-3-4-5-6-7-8-9-10-11-12-13-14-15-16-17-18-19-20-21;1-3-5-7-6-4-2/h6-7,9-10,15-16,20H,2-5,8,11-14,17-19H2,1H3;3-7H2,1-2H3/b7-6+,10-9+,16-15+;. The summed E-state index contributed by atoms with van der Waals surface area (Å²) in [4.78, 5) is 10.1. The summed E-state index contributed by atoms with van der Waals surface area (Å²) in [6.07, 6.45) is 35.6. The highest BCUT2D eigenvalue weighted by atomic mass is 16.1. The van der Waals surface area contributed by atoms with Gasteiger partial charge in [-0.05, 0) is 57.8 Å². The Morgan fingerprint density at radius 3 is 1.29 bits per heavy atom. The van der Waals surface area contributed by atoms with Crippen molar-refractivity contribution in [2.75, 3.05) is 0 Å². The second-order valence-electron chi connectivity index (χ2n) is 7.59. The lowest BCUT2D eigenvalue weighted by molar-refractivity contribution is -0.107. The third-order valence-corrected chi connectivity index (χ3v) is 4.64. The molecule has 0 aliphatic heterocycles. The predicted octanol–water partition coefficient (Wildman–Crippen LogP) is 9.53. The topological polar surface area (TPSA) is 17.1 Å². The van der Waals surface area contributed by atoms with Gasteiger partial charge in [-0.15, -0.1) is 0 Å². The summed E-state index contributed by atoms with van der Waals surface area (Å²) in [5.41, 5.74) is 0. The maximum Gasteiger partial charge on any atom is 0.120 e. The molecule has 0 bridgehead atoms. The number of carbonyl (C=O) groups excluding carboxylic acids is 1. The van der Waals surface area contributed by atoms with Crippen molar-refractivity contribution < 1.29 is 4.79 Å². The van der Waals surface area contributed by atoms with Gasteiger partial charge in [0.1, 0.15) is 6.29 Å². The quantitative estimate of drug-likeness (QED) is 0.122. The van der Waals surface area contributed by atoms with Crippen molar-refractivity contribution in [2.45, 2.75) is 130 Å². The van der Waals surface area contributed by atoms with Crippen molar-refractivity contribution in [1.29, 1.82) is 0 Å². The molecule has 0 rings (SSSR count). The molecular weight excluding hydrogens is 340 g/mol. The summed E-state index contributed by atoms with van der Waals surface area (Å²) in [6.45, 7) is 6.74. The van der Waals surface area contributed by atoms with E-state index < -0.39 is 0 Å². The Bertz CT molecular complexity index is 347. The summed E-state index contributed by atoms with van der Waals surface area (Å²) < 4.78 is 0. The molecule has 0 unspecified atom stereocenters. The van der Waals surface area contributed by atoms with E-state index >= 15 is 0 Å². The van der Waals surface area contributed by atoms with E-state index in [1.54, 1.807) is 0 Å². The van der Waals surface area contributed by atoms with Crippen LogP contribution in [0.3, 0.4) is 0 Å². The molecule has 0 fully saturated rings. The summed E-state index contributed by atoms with van der Waals surface area (Å²) in [5.74, 6) is 0. The van der Waals surface area contributed by atoms with E-state index in [0.717, 1.165) is 25.5 Å². The van der Waals surface area contributed by atoms with E-state index in [1.807, 2.05) is 0 Å². The number of aldehydes is 1. The van der Waals surface area contributed by atoms with Crippen LogP contribution in [0.4, 0.5) is 0 Å². The Balaban J connectivity index is 0. The second-order valence-corrected chi connectivity index (χ2v) is 7.59. The van der Waals surface area contributed by atoms with Crippen molar-refractivity contribution in [1.82, 2.24) is 0 Å². The van der Waals surface area contributed by atoms with Crippen molar-refractivity contribution >= 4 is 6.29 Å². The number of hydrogen-bond acceptors (Lipinski definition) is 1. The van der Waals surface area contributed by atoms with Gasteiger partial charge >= 0.3 is 0 Å². The average Bonchev–Trinajstić information content (AvgIpc) is 2.71. The van der Waals surface area contributed by atoms with Gasteiger partial charge < -0.3 is 4.79 Å². The van der Waals surface area contributed by atoms with E-state index in [0.29, 0.717) is 6.42 Å². The molecule has 0 aliphatic rings. The molecule has 0 amide bonds. The Morgan fingerprint density at radius 1 is 0.429 bits per heavy atom. The Morgan fingerprint density at radius 2 is 0.821 bits per heavy atom. The van der Waals surface area contributed by atoms with Gasteiger partial charge in [0.2, 0.25) is 0 Å². The first-order chi connectivity index (χ1) is 13.8. The number of rotatable bonds is 19. The molecule has 1 heteroatoms. The van der Waals surface area contributed by atoms with Gasteiger partial charge in [0.25, 0.3) is 0 Å². The maximum absolute atomic E-state index is 10.1. The minimum atomic E-state index is 0.697. The monoisotopic (exact) mass is 390 g/mol. The lowest BCUT2D eigenvalue weighted by atomic mass is 10.1. The third kappa shape index (κ3) is 32.6. The van der Waals surface area contributed by atoms with Crippen molar-refractivity contribution in [2.24, 2.45) is 0 Å². The third-order valence-electron chi connectivity index (χ3n) is 4.64. The summed E-state index contributed by atoms with van der Waals surface area (Å²) in [5, 5.41) is 0. The molecule has 0 atom stereocenters. The van der Waals surface area contributed by atoms with E-state index in [2.05, 4.69) is 57.2 Å². The van der Waals surface area contributed by atoms with Gasteiger partial charge in [0, 0.05) is 6.42 Å². The van der Waals surface area contributed by atoms with Gasteiger partial charge in [-0.3, -0.25) is 0 Å². The van der Waals surface area contributed by atoms with Gasteiger partial charge in [-0.2, -0.15) is 0 Å². The lowest BCUT2D eigenvalue weighted by Gasteiger charge is -1.94. The number of carbonyl (C=O) groups is 1. The highest BCUT2D eigenvalue weighted by Crippen LogP contribution is 2.04. The molecule has 0 radical (unpaired) electrons. The molecule has 0 saturated carbocycles. The Hall–Kier alpha value is -1.11. The first-order valence-electron chi connectivity index (χ1n) is 12.2. The normalized spacial score (nSPS) is 11.4. The number of allylic oxidation sites excluding steroid dienone is 6. The number of hydrogen-bond donors (Lipinski definition) is 0. The van der Waals surface area contributed by atoms with E-state index in [9.17, 15) is 4.79 Å². The van der Waals surface area contributed by atoms with Crippen LogP contribution >= 0.6 is 0 Å². The Labute approximate surface area is 177 Å². The molecule has 0 aliphatic carbocycles. The van der Waals surface area contributed by atoms with Crippen LogP contribution in [0.5, 0.6) is 0 Å². The van der Waals surface area contributed by atoms with Crippen molar-refractivity contribution in [3.05, 3.63) is 36.5 Å². The smallest absolute Gasteiger partial charge is 0.120 e. The predicted molar refractivity (Wildman–Crippen MR) is 129 cm³/mol. The SMILES string of the molecule is CCCCC/C=C/C/C=C/CCCC/C=C/CCCC=O.CCCCCCC. The molecule has 0 saturated heterocycles. The van der Waals surface area contributed by atoms with Crippen molar-refractivity contribution in [3.63, 3.8) is 0 Å². The average molecular weight is 391 g/mol. The molecule has 0 aromatic heterocycles. The highest BCUT2D eigenvalue weighted by Gasteiger charge is 1.85. The molecule has 164 valence electrons. The van der Waals surface area contributed by atoms with Crippen LogP contribution in [0.15, 0.2) is 36.5 Å². The van der Waals surface area contributed by atoms with Gasteiger partial charge in [-0.25, -0.2) is 0 Å². The van der Waals surface area contributed by atoms with Crippen LogP contribution in [-0.2, 0) is 4.79 Å². The first-order valence-corrected chi connectivity index (χ1v) is 12.2. The summed E-state index contributed by atoms with van der Waals surface area (Å²) in [6, 6.07) is 0. The lowest BCUT2D eigenvalue weighted by Crippen LogP contribution is -1.75. The zero-order chi connectivity index (χ0) is 21.0. The molecule has 0 N–H and O–H groups in total. The highest BCUT2D eigenvalue weighted by molar-refractivity contribution is 5.48. The fourth-order valence-corrected chi connectivity index (χ4v) is 2.77. The maximum atomic E-state index is 10.1. The summed E-state index contributed by atoms with van der Waals surface area (Å²) >= 11 is 0. The fourth-order valence-electron chi connectivity index (χ4n) is 2.77. The minimum absolute atomic E-state index is 0.697. The minimum Gasteiger partial charge on any atom is -0.303 e. The van der Waals surface area contributed by atoms with Crippen molar-refractivity contribution in [3.8, 4) is 0 Å². The van der Waals surface area contributed by atoms with Crippen LogP contribution in [0, 0.1) is 0 Å². The van der Waals surface area contributed by atoms with Gasteiger partial charge in [0.15, 0.2) is 0 Å². The van der Waals surface area contributed by atoms with Crippen LogP contribution in [0.2, 0.25) is 0 Å². The molecule has 1 nitrogen and oxygen atoms in total. The molecule has 0 heterocycles. The van der Waals surface area contributed by atoms with Crippen LogP contribution in [0.1, 0.15) is 130 Å².